The molecule has 5 rings (SSSR count). The molecule has 0 saturated heterocycles. The van der Waals surface area contributed by atoms with Crippen LogP contribution >= 0.6 is 11.3 Å². The predicted octanol–water partition coefficient (Wildman–Crippen LogP) is 3.27. The first-order valence-electron chi connectivity index (χ1n) is 12.7. The number of aromatic nitrogens is 4. The number of hydrogen-bond acceptors (Lipinski definition) is 10. The highest BCUT2D eigenvalue weighted by molar-refractivity contribution is 7.21. The van der Waals surface area contributed by atoms with Crippen molar-refractivity contribution >= 4 is 39.2 Å². The van der Waals surface area contributed by atoms with E-state index in [1.807, 2.05) is 13.0 Å². The second kappa shape index (κ2) is 11.0. The number of fused-ring (bicyclic) bond motifs is 1. The summed E-state index contributed by atoms with van der Waals surface area (Å²) in [5.74, 6) is -2.10. The zero-order valence-corrected chi connectivity index (χ0v) is 23.1. The van der Waals surface area contributed by atoms with Gasteiger partial charge in [-0.05, 0) is 38.5 Å². The number of aliphatic hydroxyl groups excluding tert-OH is 2. The van der Waals surface area contributed by atoms with Crippen molar-refractivity contribution in [2.24, 2.45) is 5.92 Å². The number of carbonyl (C=O) groups excluding carboxylic acids is 1. The number of thiazole rings is 1. The summed E-state index contributed by atoms with van der Waals surface area (Å²) in [5.41, 5.74) is 2.42. The number of hydrogen-bond donors (Lipinski definition) is 4. The van der Waals surface area contributed by atoms with Crippen molar-refractivity contribution in [1.29, 1.82) is 0 Å². The molecule has 3 aromatic heterocycles. The molecule has 210 valence electrons. The standard InChI is InChI=1S/C27H29F2N7O3S/c1-12-20(25-34-21-13(2)30-9-8-19(21)40-25)24(33-18-10-14(22(37)23(18)38)26(39)36(3)4)35-27(32-12)31-11-15-16(28)6-5-7-17(15)29/h5-9,14,18,22-23,37-38H,10-11H2,1-4H3,(H2,31,32,33,35)/t14-,18+,22+,23-/m0/s1. The minimum atomic E-state index is -1.27. The van der Waals surface area contributed by atoms with Gasteiger partial charge in [-0.2, -0.15) is 4.98 Å². The van der Waals surface area contributed by atoms with Gasteiger partial charge in [-0.15, -0.1) is 11.3 Å². The number of rotatable bonds is 7. The summed E-state index contributed by atoms with van der Waals surface area (Å²) in [7, 11) is 3.18. The molecule has 4 atom stereocenters. The van der Waals surface area contributed by atoms with Crippen LogP contribution in [0.5, 0.6) is 0 Å². The number of amides is 1. The van der Waals surface area contributed by atoms with E-state index in [1.54, 1.807) is 27.2 Å². The van der Waals surface area contributed by atoms with E-state index in [2.05, 4.69) is 25.6 Å². The van der Waals surface area contributed by atoms with Crippen molar-refractivity contribution in [3.8, 4) is 10.6 Å². The summed E-state index contributed by atoms with van der Waals surface area (Å²) < 4.78 is 29.3. The van der Waals surface area contributed by atoms with E-state index in [4.69, 9.17) is 4.98 Å². The maximum Gasteiger partial charge on any atom is 0.227 e. The van der Waals surface area contributed by atoms with Crippen LogP contribution in [0, 0.1) is 31.4 Å². The SMILES string of the molecule is Cc1nc(NCc2c(F)cccc2F)nc(N[C@@H]2C[C@H](C(=O)N(C)C)[C@@H](O)[C@H]2O)c1-c1nc2c(C)nccc2s1. The second-order valence-corrected chi connectivity index (χ2v) is 11.0. The Labute approximate surface area is 233 Å². The van der Waals surface area contributed by atoms with Gasteiger partial charge in [-0.25, -0.2) is 18.7 Å². The molecule has 1 amide bonds. The maximum atomic E-state index is 14.2. The lowest BCUT2D eigenvalue weighted by Crippen LogP contribution is -2.38. The fourth-order valence-electron chi connectivity index (χ4n) is 4.90. The topological polar surface area (TPSA) is 136 Å². The van der Waals surface area contributed by atoms with E-state index < -0.39 is 35.8 Å². The number of benzene rings is 1. The quantitative estimate of drug-likeness (QED) is 0.264. The van der Waals surface area contributed by atoms with Crippen LogP contribution in [-0.4, -0.2) is 73.3 Å². The molecule has 40 heavy (non-hydrogen) atoms. The molecule has 0 aliphatic heterocycles. The van der Waals surface area contributed by atoms with Crippen LogP contribution in [0.25, 0.3) is 20.8 Å². The molecule has 0 spiro atoms. The fraction of sp³-hybridized carbons (Fsp3) is 0.370. The van der Waals surface area contributed by atoms with Gasteiger partial charge in [0.25, 0.3) is 0 Å². The van der Waals surface area contributed by atoms with Gasteiger partial charge in [-0.1, -0.05) is 6.07 Å². The molecule has 1 fully saturated rings. The average molecular weight is 570 g/mol. The van der Waals surface area contributed by atoms with Gasteiger partial charge in [0.2, 0.25) is 11.9 Å². The number of carbonyl (C=O) groups is 1. The molecule has 0 bridgehead atoms. The molecule has 13 heteroatoms. The molecule has 0 radical (unpaired) electrons. The molecular weight excluding hydrogens is 540 g/mol. The van der Waals surface area contributed by atoms with Crippen LogP contribution in [-0.2, 0) is 11.3 Å². The number of aliphatic hydroxyl groups is 2. The summed E-state index contributed by atoms with van der Waals surface area (Å²) in [6, 6.07) is 4.78. The summed E-state index contributed by atoms with van der Waals surface area (Å²) in [4.78, 5) is 32.2. The fourth-order valence-corrected chi connectivity index (χ4v) is 6.01. The number of pyridine rings is 1. The zero-order chi connectivity index (χ0) is 28.7. The van der Waals surface area contributed by atoms with E-state index in [0.29, 0.717) is 22.1 Å². The smallest absolute Gasteiger partial charge is 0.227 e. The predicted molar refractivity (Wildman–Crippen MR) is 148 cm³/mol. The minimum absolute atomic E-state index is 0.0966. The van der Waals surface area contributed by atoms with E-state index >= 15 is 0 Å². The van der Waals surface area contributed by atoms with E-state index in [0.717, 1.165) is 15.9 Å². The van der Waals surface area contributed by atoms with Crippen molar-refractivity contribution in [2.75, 3.05) is 24.7 Å². The van der Waals surface area contributed by atoms with E-state index in [-0.39, 0.29) is 30.4 Å². The van der Waals surface area contributed by atoms with Gasteiger partial charge < -0.3 is 25.7 Å². The van der Waals surface area contributed by atoms with Gasteiger partial charge in [0, 0.05) is 32.4 Å². The molecule has 4 N–H and O–H groups in total. The Kier molecular flexibility index (Phi) is 7.62. The maximum absolute atomic E-state index is 14.2. The van der Waals surface area contributed by atoms with Gasteiger partial charge in [0.1, 0.15) is 34.1 Å². The van der Waals surface area contributed by atoms with Crippen LogP contribution in [0.4, 0.5) is 20.5 Å². The number of nitrogens with zero attached hydrogens (tertiary/aromatic N) is 5. The summed E-state index contributed by atoms with van der Waals surface area (Å²) in [5, 5.41) is 28.2. The lowest BCUT2D eigenvalue weighted by Gasteiger charge is -2.21. The van der Waals surface area contributed by atoms with Gasteiger partial charge in [0.15, 0.2) is 0 Å². The lowest BCUT2D eigenvalue weighted by atomic mass is 10.0. The van der Waals surface area contributed by atoms with Crippen LogP contribution in [0.15, 0.2) is 30.5 Å². The van der Waals surface area contributed by atoms with Gasteiger partial charge in [0.05, 0.1) is 39.7 Å². The molecule has 1 aliphatic rings. The average Bonchev–Trinajstić information content (AvgIpc) is 3.45. The molecule has 1 aromatic carbocycles. The molecule has 1 saturated carbocycles. The number of anilines is 2. The molecule has 10 nitrogen and oxygen atoms in total. The highest BCUT2D eigenvalue weighted by Crippen LogP contribution is 2.38. The third-order valence-corrected chi connectivity index (χ3v) is 8.08. The largest absolute Gasteiger partial charge is 0.390 e. The zero-order valence-electron chi connectivity index (χ0n) is 22.3. The van der Waals surface area contributed by atoms with E-state index in [9.17, 15) is 23.8 Å². The van der Waals surface area contributed by atoms with E-state index in [1.165, 1.54) is 34.4 Å². The highest BCUT2D eigenvalue weighted by atomic mass is 32.1. The first-order chi connectivity index (χ1) is 19.0. The Morgan fingerprint density at radius 2 is 1.80 bits per heavy atom. The lowest BCUT2D eigenvalue weighted by molar-refractivity contribution is -0.136. The molecule has 3 heterocycles. The van der Waals surface area contributed by atoms with Gasteiger partial charge >= 0.3 is 0 Å². The molecular formula is C27H29F2N7O3S. The van der Waals surface area contributed by atoms with Gasteiger partial charge in [-0.3, -0.25) is 9.78 Å². The third kappa shape index (κ3) is 5.19. The minimum Gasteiger partial charge on any atom is -0.390 e. The Morgan fingerprint density at radius 1 is 1.07 bits per heavy atom. The second-order valence-electron chi connectivity index (χ2n) is 9.98. The first kappa shape index (κ1) is 27.7. The van der Waals surface area contributed by atoms with Crippen molar-refractivity contribution in [3.63, 3.8) is 0 Å². The Bertz CT molecular complexity index is 1560. The van der Waals surface area contributed by atoms with Crippen LogP contribution in [0.3, 0.4) is 0 Å². The molecule has 0 unspecified atom stereocenters. The summed E-state index contributed by atoms with van der Waals surface area (Å²) >= 11 is 1.42. The Balaban J connectivity index is 1.53. The highest BCUT2D eigenvalue weighted by Gasteiger charge is 2.46. The number of nitrogens with one attached hydrogen (secondary N) is 2. The monoisotopic (exact) mass is 569 g/mol. The third-order valence-electron chi connectivity index (χ3n) is 7.04. The first-order valence-corrected chi connectivity index (χ1v) is 13.5. The summed E-state index contributed by atoms with van der Waals surface area (Å²) in [6.07, 6.45) is -0.650. The van der Waals surface area contributed by atoms with Crippen molar-refractivity contribution < 1.29 is 23.8 Å². The number of halogens is 2. The normalized spacial score (nSPS) is 20.6. The molecule has 4 aromatic rings. The Morgan fingerprint density at radius 3 is 2.48 bits per heavy atom. The van der Waals surface area contributed by atoms with Crippen LogP contribution < -0.4 is 10.6 Å². The van der Waals surface area contributed by atoms with Crippen LogP contribution in [0.2, 0.25) is 0 Å². The number of aryl methyl sites for hydroxylation is 2. The van der Waals surface area contributed by atoms with Crippen LogP contribution in [0.1, 0.15) is 23.4 Å². The summed E-state index contributed by atoms with van der Waals surface area (Å²) in [6.45, 7) is 3.42. The van der Waals surface area contributed by atoms with Crippen molar-refractivity contribution in [1.82, 2.24) is 24.8 Å². The van der Waals surface area contributed by atoms with Crippen molar-refractivity contribution in [2.45, 2.75) is 45.1 Å². The Hall–Kier alpha value is -3.81. The van der Waals surface area contributed by atoms with Crippen molar-refractivity contribution in [3.05, 3.63) is 59.0 Å². The molecule has 1 aliphatic carbocycles.